The molecule has 6 nitrogen and oxygen atoms in total. The number of hydrazine groups is 1. The van der Waals surface area contributed by atoms with Gasteiger partial charge in [-0.3, -0.25) is 19.8 Å². The molecule has 202 valence electrons. The highest BCUT2D eigenvalue weighted by atomic mass is 16.2. The maximum absolute atomic E-state index is 14.4. The highest BCUT2D eigenvalue weighted by molar-refractivity contribution is 6.04. The van der Waals surface area contributed by atoms with Crippen LogP contribution in [0.2, 0.25) is 0 Å². The Balaban J connectivity index is 1.65. The van der Waals surface area contributed by atoms with Crippen LogP contribution in [0, 0.1) is 67.5 Å². The molecule has 37 heavy (non-hydrogen) atoms. The van der Waals surface area contributed by atoms with Crippen LogP contribution in [-0.2, 0) is 14.4 Å². The second-order valence-electron chi connectivity index (χ2n) is 15.3. The summed E-state index contributed by atoms with van der Waals surface area (Å²) in [7, 11) is 0. The normalized spacial score (nSPS) is 47.8. The van der Waals surface area contributed by atoms with Gasteiger partial charge in [0.15, 0.2) is 5.78 Å². The van der Waals surface area contributed by atoms with Gasteiger partial charge in [0.2, 0.25) is 5.91 Å². The zero-order valence-corrected chi connectivity index (χ0v) is 23.8. The number of nitrogens with two attached hydrogens (primary N) is 1. The minimum absolute atomic E-state index is 0.0241. The van der Waals surface area contributed by atoms with Crippen LogP contribution in [-0.4, -0.2) is 17.5 Å². The number of nitrogens with zero attached hydrogens (tertiary/aromatic N) is 1. The standard InChI is InChI=1S/C31H45N3O3/c1-26(2)10-12-31(25(37)34-33)13-11-30(7)23(19(31)16-26)20(35)14-22-28(5)15-18(17-32)24(36)27(3,4)21(28)8-9-29(22,30)6/h15,19,21-23H,8-14,16,33H2,1-7H3,(H,34,37)/t19-,21-,22+,23-,28-,29+,30+,31-/m0/s1. The summed E-state index contributed by atoms with van der Waals surface area (Å²) in [4.78, 5) is 41.0. The predicted octanol–water partition coefficient (Wildman–Crippen LogP) is 5.28. The Bertz CT molecular complexity index is 1150. The zero-order chi connectivity index (χ0) is 27.4. The summed E-state index contributed by atoms with van der Waals surface area (Å²) in [6, 6.07) is 2.19. The molecule has 3 N–H and O–H groups in total. The van der Waals surface area contributed by atoms with E-state index in [1.807, 2.05) is 19.9 Å². The van der Waals surface area contributed by atoms with E-state index < -0.39 is 16.2 Å². The van der Waals surface area contributed by atoms with Crippen molar-refractivity contribution in [3.05, 3.63) is 11.6 Å². The average Bonchev–Trinajstić information content (AvgIpc) is 2.82. The third-order valence-corrected chi connectivity index (χ3v) is 13.0. The number of ketones is 2. The Labute approximate surface area is 222 Å². The second kappa shape index (κ2) is 7.78. The molecule has 8 atom stereocenters. The van der Waals surface area contributed by atoms with Crippen molar-refractivity contribution in [3.63, 3.8) is 0 Å². The van der Waals surface area contributed by atoms with Gasteiger partial charge in [0.05, 0.1) is 11.0 Å². The lowest BCUT2D eigenvalue weighted by atomic mass is 9.31. The molecule has 0 aromatic carbocycles. The molecule has 4 saturated carbocycles. The van der Waals surface area contributed by atoms with E-state index in [2.05, 4.69) is 46.1 Å². The molecule has 0 spiro atoms. The Kier molecular flexibility index (Phi) is 5.59. The van der Waals surface area contributed by atoms with E-state index >= 15 is 0 Å². The van der Waals surface area contributed by atoms with Gasteiger partial charge in [0.25, 0.3) is 0 Å². The Morgan fingerprint density at radius 1 is 0.973 bits per heavy atom. The summed E-state index contributed by atoms with van der Waals surface area (Å²) in [6.45, 7) is 15.4. The van der Waals surface area contributed by atoms with Crippen molar-refractivity contribution >= 4 is 17.5 Å². The summed E-state index contributed by atoms with van der Waals surface area (Å²) < 4.78 is 0. The molecule has 5 aliphatic carbocycles. The molecule has 0 aromatic heterocycles. The molecule has 0 bridgehead atoms. The van der Waals surface area contributed by atoms with Crippen LogP contribution in [0.4, 0.5) is 0 Å². The van der Waals surface area contributed by atoms with E-state index in [0.717, 1.165) is 44.9 Å². The van der Waals surface area contributed by atoms with Gasteiger partial charge < -0.3 is 0 Å². The first-order valence-electron chi connectivity index (χ1n) is 14.3. The highest BCUT2D eigenvalue weighted by Crippen LogP contribution is 2.75. The van der Waals surface area contributed by atoms with Gasteiger partial charge in [-0.15, -0.1) is 0 Å². The average molecular weight is 508 g/mol. The van der Waals surface area contributed by atoms with E-state index in [1.165, 1.54) is 0 Å². The summed E-state index contributed by atoms with van der Waals surface area (Å²) in [6.07, 6.45) is 8.41. The Morgan fingerprint density at radius 2 is 1.62 bits per heavy atom. The molecule has 0 heterocycles. The van der Waals surface area contributed by atoms with Gasteiger partial charge in [-0.05, 0) is 84.4 Å². The number of hydrogen-bond acceptors (Lipinski definition) is 5. The number of fused-ring (bicyclic) bond motifs is 7. The first-order valence-corrected chi connectivity index (χ1v) is 14.3. The number of carbonyl (C=O) groups is 3. The van der Waals surface area contributed by atoms with Gasteiger partial charge in [0, 0.05) is 17.8 Å². The second-order valence-corrected chi connectivity index (χ2v) is 15.3. The van der Waals surface area contributed by atoms with Gasteiger partial charge in [-0.25, -0.2) is 5.84 Å². The largest absolute Gasteiger partial charge is 0.299 e. The summed E-state index contributed by atoms with van der Waals surface area (Å²) in [5, 5.41) is 9.88. The third kappa shape index (κ3) is 3.16. The maximum atomic E-state index is 14.4. The molecule has 5 rings (SSSR count). The fourth-order valence-corrected chi connectivity index (χ4v) is 10.8. The third-order valence-electron chi connectivity index (χ3n) is 13.0. The van der Waals surface area contributed by atoms with Crippen molar-refractivity contribution in [2.24, 2.45) is 62.0 Å². The number of hydrogen-bond donors (Lipinski definition) is 2. The molecular weight excluding hydrogens is 462 g/mol. The number of amides is 1. The highest BCUT2D eigenvalue weighted by Gasteiger charge is 2.72. The molecule has 1 amide bonds. The smallest absolute Gasteiger partial charge is 0.240 e. The first-order chi connectivity index (χ1) is 17.0. The molecule has 0 saturated heterocycles. The maximum Gasteiger partial charge on any atom is 0.240 e. The van der Waals surface area contributed by atoms with Gasteiger partial charge in [0.1, 0.15) is 11.9 Å². The first kappa shape index (κ1) is 26.6. The zero-order valence-electron chi connectivity index (χ0n) is 23.8. The van der Waals surface area contributed by atoms with Crippen molar-refractivity contribution in [1.82, 2.24) is 5.43 Å². The number of allylic oxidation sites excluding steroid dienone is 2. The Morgan fingerprint density at radius 3 is 2.24 bits per heavy atom. The predicted molar refractivity (Wildman–Crippen MR) is 141 cm³/mol. The van der Waals surface area contributed by atoms with Crippen molar-refractivity contribution in [3.8, 4) is 6.07 Å². The van der Waals surface area contributed by atoms with Crippen LogP contribution in [0.5, 0.6) is 0 Å². The molecule has 0 aromatic rings. The summed E-state index contributed by atoms with van der Waals surface area (Å²) in [5.41, 5.74) is 0.786. The molecular formula is C31H45N3O3. The molecule has 5 aliphatic rings. The number of Topliss-reactive ketones (excluding diaryl/α,β-unsaturated/α-hetero) is 2. The molecule has 0 radical (unpaired) electrons. The minimum atomic E-state index is -0.634. The number of rotatable bonds is 1. The molecule has 4 fully saturated rings. The lowest BCUT2D eigenvalue weighted by Gasteiger charge is -2.71. The van der Waals surface area contributed by atoms with Crippen LogP contribution in [0.1, 0.15) is 99.8 Å². The van der Waals surface area contributed by atoms with Gasteiger partial charge >= 0.3 is 0 Å². The minimum Gasteiger partial charge on any atom is -0.299 e. The van der Waals surface area contributed by atoms with Crippen molar-refractivity contribution in [1.29, 1.82) is 5.26 Å². The van der Waals surface area contributed by atoms with Gasteiger partial charge in [-0.1, -0.05) is 54.5 Å². The van der Waals surface area contributed by atoms with Crippen molar-refractivity contribution in [2.75, 3.05) is 0 Å². The fourth-order valence-electron chi connectivity index (χ4n) is 10.8. The topological polar surface area (TPSA) is 113 Å². The van der Waals surface area contributed by atoms with Crippen LogP contribution >= 0.6 is 0 Å². The van der Waals surface area contributed by atoms with E-state index in [1.54, 1.807) is 0 Å². The quantitative estimate of drug-likeness (QED) is 0.285. The van der Waals surface area contributed by atoms with E-state index in [4.69, 9.17) is 5.84 Å². The fraction of sp³-hybridized carbons (Fsp3) is 0.806. The monoisotopic (exact) mass is 507 g/mol. The van der Waals surface area contributed by atoms with Crippen molar-refractivity contribution < 1.29 is 14.4 Å². The number of nitriles is 1. The van der Waals surface area contributed by atoms with Crippen LogP contribution in [0.15, 0.2) is 11.6 Å². The molecule has 6 heteroatoms. The molecule has 0 aliphatic heterocycles. The Hall–Kier alpha value is -2.00. The van der Waals surface area contributed by atoms with Crippen LogP contribution < -0.4 is 11.3 Å². The number of carbonyl (C=O) groups excluding carboxylic acids is 3. The number of nitrogens with one attached hydrogen (secondary N) is 1. The van der Waals surface area contributed by atoms with Crippen LogP contribution in [0.3, 0.4) is 0 Å². The van der Waals surface area contributed by atoms with Gasteiger partial charge in [-0.2, -0.15) is 5.26 Å². The van der Waals surface area contributed by atoms with Crippen molar-refractivity contribution in [2.45, 2.75) is 99.8 Å². The van der Waals surface area contributed by atoms with Crippen LogP contribution in [0.25, 0.3) is 0 Å². The summed E-state index contributed by atoms with van der Waals surface area (Å²) in [5.74, 6) is 5.79. The van der Waals surface area contributed by atoms with E-state index in [0.29, 0.717) is 6.42 Å². The molecule has 0 unspecified atom stereocenters. The summed E-state index contributed by atoms with van der Waals surface area (Å²) >= 11 is 0. The van der Waals surface area contributed by atoms with E-state index in [-0.39, 0.29) is 63.0 Å². The SMILES string of the molecule is CC1(C)CC[C@]2(C(=O)NN)CC[C@]3(C)[C@H](C(=O)C[C@@H]4[C@@]5(C)C=C(C#N)C(=O)C(C)(C)[C@@H]5CC[C@]43C)[C@@H]2C1. The lowest BCUT2D eigenvalue weighted by molar-refractivity contribution is -0.222. The lowest BCUT2D eigenvalue weighted by Crippen LogP contribution is -2.70. The van der Waals surface area contributed by atoms with E-state index in [9.17, 15) is 19.6 Å².